The van der Waals surface area contributed by atoms with Gasteiger partial charge in [0.2, 0.25) is 0 Å². The van der Waals surface area contributed by atoms with Gasteiger partial charge in [0.15, 0.2) is 0 Å². The van der Waals surface area contributed by atoms with Gasteiger partial charge in [0.1, 0.15) is 0 Å². The predicted octanol–water partition coefficient (Wildman–Crippen LogP) is -0.0844. The Balaban J connectivity index is 3.02. The third kappa shape index (κ3) is 31.5. The molecule has 12 heteroatoms. The van der Waals surface area contributed by atoms with Crippen LogP contribution in [0.5, 0.6) is 0 Å². The molecular formula is C24H50O12. The molecule has 1 atom stereocenters. The van der Waals surface area contributed by atoms with E-state index >= 15 is 0 Å². The maximum Gasteiger partial charge on any atom is 0.0771 e. The van der Waals surface area contributed by atoms with E-state index in [9.17, 15) is 5.11 Å². The van der Waals surface area contributed by atoms with E-state index < -0.39 is 6.10 Å². The predicted molar refractivity (Wildman–Crippen MR) is 132 cm³/mol. The Bertz CT molecular complexity index is 392. The standard InChI is InChI=1S/C24H50O12/c1-2-24(26)23-36-22-21-35-20-19-34-18-17-33-16-15-32-14-13-31-12-11-30-10-9-29-8-7-28-6-5-27-4-3-25/h24-26H,2-23H2,1H3. The van der Waals surface area contributed by atoms with Crippen LogP contribution in [0.3, 0.4) is 0 Å². The van der Waals surface area contributed by atoms with Crippen molar-refractivity contribution in [1.82, 2.24) is 0 Å². The lowest BCUT2D eigenvalue weighted by molar-refractivity contribution is -0.0290. The number of hydrogen-bond acceptors (Lipinski definition) is 12. The van der Waals surface area contributed by atoms with Crippen molar-refractivity contribution in [3.63, 3.8) is 0 Å². The van der Waals surface area contributed by atoms with Crippen LogP contribution in [0.15, 0.2) is 0 Å². The molecule has 36 heavy (non-hydrogen) atoms. The van der Waals surface area contributed by atoms with E-state index in [1.165, 1.54) is 0 Å². The number of aliphatic hydroxyl groups excluding tert-OH is 2. The summed E-state index contributed by atoms with van der Waals surface area (Å²) in [6, 6.07) is 0. The third-order valence-electron chi connectivity index (χ3n) is 4.37. The first-order chi connectivity index (χ1) is 17.8. The number of hydrogen-bond donors (Lipinski definition) is 2. The van der Waals surface area contributed by atoms with Crippen LogP contribution in [0.2, 0.25) is 0 Å². The van der Waals surface area contributed by atoms with Crippen LogP contribution < -0.4 is 0 Å². The summed E-state index contributed by atoms with van der Waals surface area (Å²) >= 11 is 0. The lowest BCUT2D eigenvalue weighted by Crippen LogP contribution is -2.17. The highest BCUT2D eigenvalue weighted by atomic mass is 16.6. The van der Waals surface area contributed by atoms with Crippen molar-refractivity contribution in [2.45, 2.75) is 19.4 Å². The molecule has 0 saturated carbocycles. The summed E-state index contributed by atoms with van der Waals surface area (Å²) in [7, 11) is 0. The van der Waals surface area contributed by atoms with Crippen LogP contribution in [-0.4, -0.2) is 155 Å². The highest BCUT2D eigenvalue weighted by Crippen LogP contribution is 1.91. The molecule has 0 bridgehead atoms. The second-order valence-corrected chi connectivity index (χ2v) is 7.37. The lowest BCUT2D eigenvalue weighted by atomic mass is 10.3. The van der Waals surface area contributed by atoms with Crippen LogP contribution in [0.4, 0.5) is 0 Å². The summed E-state index contributed by atoms with van der Waals surface area (Å²) in [5.74, 6) is 0. The molecule has 0 aliphatic heterocycles. The summed E-state index contributed by atoms with van der Waals surface area (Å²) in [5.41, 5.74) is 0. The van der Waals surface area contributed by atoms with E-state index in [0.29, 0.717) is 139 Å². The van der Waals surface area contributed by atoms with Crippen molar-refractivity contribution in [2.75, 3.05) is 139 Å². The summed E-state index contributed by atoms with van der Waals surface area (Å²) in [4.78, 5) is 0. The van der Waals surface area contributed by atoms with Gasteiger partial charge in [-0.1, -0.05) is 6.92 Å². The van der Waals surface area contributed by atoms with Gasteiger partial charge in [0.25, 0.3) is 0 Å². The zero-order valence-electron chi connectivity index (χ0n) is 22.1. The summed E-state index contributed by atoms with van der Waals surface area (Å²) in [6.45, 7) is 11.6. The minimum absolute atomic E-state index is 0.0262. The molecule has 12 nitrogen and oxygen atoms in total. The Hall–Kier alpha value is -0.480. The summed E-state index contributed by atoms with van der Waals surface area (Å²) in [5, 5.41) is 17.9. The van der Waals surface area contributed by atoms with Gasteiger partial charge in [0.05, 0.1) is 145 Å². The molecule has 0 fully saturated rings. The van der Waals surface area contributed by atoms with Gasteiger partial charge in [-0.3, -0.25) is 0 Å². The van der Waals surface area contributed by atoms with E-state index in [1.807, 2.05) is 6.92 Å². The SMILES string of the molecule is CCC(O)COCCOCCOCCOCCOCCOCCOCCOCCOCCOCCO. The molecule has 0 aliphatic carbocycles. The first-order valence-electron chi connectivity index (χ1n) is 12.9. The number of ether oxygens (including phenoxy) is 10. The van der Waals surface area contributed by atoms with Crippen LogP contribution in [0, 0.1) is 0 Å². The van der Waals surface area contributed by atoms with Crippen molar-refractivity contribution in [1.29, 1.82) is 0 Å². The van der Waals surface area contributed by atoms with E-state index in [-0.39, 0.29) is 6.61 Å². The van der Waals surface area contributed by atoms with Gasteiger partial charge in [-0.05, 0) is 6.42 Å². The van der Waals surface area contributed by atoms with E-state index in [1.54, 1.807) is 0 Å². The average molecular weight is 531 g/mol. The van der Waals surface area contributed by atoms with Gasteiger partial charge < -0.3 is 57.6 Å². The second-order valence-electron chi connectivity index (χ2n) is 7.37. The Kier molecular flexibility index (Phi) is 32.1. The van der Waals surface area contributed by atoms with Gasteiger partial charge in [-0.2, -0.15) is 0 Å². The van der Waals surface area contributed by atoms with Crippen LogP contribution in [0.1, 0.15) is 13.3 Å². The Morgan fingerprint density at radius 3 is 0.833 bits per heavy atom. The molecule has 0 aromatic heterocycles. The smallest absolute Gasteiger partial charge is 0.0771 e. The monoisotopic (exact) mass is 530 g/mol. The van der Waals surface area contributed by atoms with Crippen molar-refractivity contribution in [2.24, 2.45) is 0 Å². The molecule has 0 rings (SSSR count). The minimum Gasteiger partial charge on any atom is -0.394 e. The molecule has 0 radical (unpaired) electrons. The molecule has 0 spiro atoms. The van der Waals surface area contributed by atoms with Gasteiger partial charge >= 0.3 is 0 Å². The molecule has 0 aliphatic rings. The summed E-state index contributed by atoms with van der Waals surface area (Å²) < 4.78 is 53.5. The highest BCUT2D eigenvalue weighted by molar-refractivity contribution is 4.48. The fraction of sp³-hybridized carbons (Fsp3) is 1.00. The Labute approximate surface area is 216 Å². The zero-order valence-corrected chi connectivity index (χ0v) is 22.1. The van der Waals surface area contributed by atoms with Gasteiger partial charge in [-0.25, -0.2) is 0 Å². The van der Waals surface area contributed by atoms with Crippen molar-refractivity contribution in [3.8, 4) is 0 Å². The zero-order chi connectivity index (χ0) is 26.2. The molecule has 1 unspecified atom stereocenters. The first kappa shape index (κ1) is 35.5. The van der Waals surface area contributed by atoms with Gasteiger partial charge in [-0.15, -0.1) is 0 Å². The topological polar surface area (TPSA) is 133 Å². The molecule has 0 aromatic rings. The van der Waals surface area contributed by atoms with E-state index in [4.69, 9.17) is 52.5 Å². The largest absolute Gasteiger partial charge is 0.394 e. The maximum atomic E-state index is 9.34. The first-order valence-corrected chi connectivity index (χ1v) is 12.9. The maximum absolute atomic E-state index is 9.34. The third-order valence-corrected chi connectivity index (χ3v) is 4.37. The minimum atomic E-state index is -0.400. The van der Waals surface area contributed by atoms with Crippen molar-refractivity contribution in [3.05, 3.63) is 0 Å². The fourth-order valence-corrected chi connectivity index (χ4v) is 2.38. The van der Waals surface area contributed by atoms with Crippen molar-refractivity contribution >= 4 is 0 Å². The van der Waals surface area contributed by atoms with Crippen LogP contribution in [-0.2, 0) is 47.4 Å². The van der Waals surface area contributed by atoms with E-state index in [2.05, 4.69) is 0 Å². The Morgan fingerprint density at radius 2 is 0.611 bits per heavy atom. The Morgan fingerprint density at radius 1 is 0.389 bits per heavy atom. The summed E-state index contributed by atoms with van der Waals surface area (Å²) in [6.07, 6.45) is 0.290. The molecule has 0 heterocycles. The highest BCUT2D eigenvalue weighted by Gasteiger charge is 1.99. The average Bonchev–Trinajstić information content (AvgIpc) is 2.89. The number of aliphatic hydroxyl groups is 2. The molecule has 218 valence electrons. The van der Waals surface area contributed by atoms with E-state index in [0.717, 1.165) is 0 Å². The fourth-order valence-electron chi connectivity index (χ4n) is 2.38. The number of rotatable bonds is 32. The second kappa shape index (κ2) is 32.5. The molecule has 0 saturated heterocycles. The quantitative estimate of drug-likeness (QED) is 0.113. The molecule has 0 amide bonds. The van der Waals surface area contributed by atoms with Crippen LogP contribution >= 0.6 is 0 Å². The molecular weight excluding hydrogens is 480 g/mol. The molecule has 2 N–H and O–H groups in total. The molecule has 0 aromatic carbocycles. The van der Waals surface area contributed by atoms with Crippen LogP contribution in [0.25, 0.3) is 0 Å². The van der Waals surface area contributed by atoms with Gasteiger partial charge in [0, 0.05) is 0 Å². The van der Waals surface area contributed by atoms with Crippen molar-refractivity contribution < 1.29 is 57.6 Å². The normalized spacial score (nSPS) is 12.4. The lowest BCUT2D eigenvalue weighted by Gasteiger charge is -2.09.